The van der Waals surface area contributed by atoms with E-state index in [1.54, 1.807) is 19.2 Å². The van der Waals surface area contributed by atoms with Gasteiger partial charge in [-0.05, 0) is 44.9 Å². The number of fused-ring (bicyclic) bond motifs is 1. The summed E-state index contributed by atoms with van der Waals surface area (Å²) in [4.78, 5) is 14.6. The van der Waals surface area contributed by atoms with Gasteiger partial charge in [0.05, 0.1) is 30.7 Å². The summed E-state index contributed by atoms with van der Waals surface area (Å²) in [6.07, 6.45) is 2.85. The maximum atomic E-state index is 14.4. The molecule has 7 nitrogen and oxygen atoms in total. The van der Waals surface area contributed by atoms with Crippen LogP contribution < -0.4 is 4.90 Å². The average Bonchev–Trinajstić information content (AvgIpc) is 3.31. The third-order valence-corrected chi connectivity index (χ3v) is 9.16. The summed E-state index contributed by atoms with van der Waals surface area (Å²) in [5, 5.41) is 0.791. The van der Waals surface area contributed by atoms with Crippen LogP contribution in [-0.2, 0) is 19.3 Å². The Morgan fingerprint density at radius 3 is 2.87 bits per heavy atom. The van der Waals surface area contributed by atoms with E-state index in [0.717, 1.165) is 5.39 Å². The topological polar surface area (TPSA) is 88.2 Å². The van der Waals surface area contributed by atoms with Gasteiger partial charge in [-0.15, -0.1) is 0 Å². The van der Waals surface area contributed by atoms with E-state index in [2.05, 4.69) is 9.88 Å². The molecule has 5 rings (SSSR count). The van der Waals surface area contributed by atoms with Crippen LogP contribution in [0.15, 0.2) is 30.5 Å². The molecule has 0 radical (unpaired) electrons. The van der Waals surface area contributed by atoms with Gasteiger partial charge in [0, 0.05) is 35.3 Å². The minimum absolute atomic E-state index is 0.0807. The number of hydrogen-bond acceptors (Lipinski definition) is 6. The van der Waals surface area contributed by atoms with Crippen molar-refractivity contribution in [3.63, 3.8) is 0 Å². The average molecular weight is 445 g/mol. The molecule has 0 amide bonds. The highest BCUT2D eigenvalue weighted by Crippen LogP contribution is 2.42. The number of nitrogens with zero attached hydrogens (tertiary/aromatic N) is 3. The summed E-state index contributed by atoms with van der Waals surface area (Å²) in [6, 6.07) is 6.56. The SMILES string of the molecule is C[C@@H]1COCCN1c1cc([C@@]2(C)CCCS2(=O)=O)nc(-c2cc(F)cc3[nH]ccc23)n1. The number of nitrogens with one attached hydrogen (secondary N) is 1. The van der Waals surface area contributed by atoms with Gasteiger partial charge in [0.2, 0.25) is 0 Å². The Hall–Kier alpha value is -2.52. The van der Waals surface area contributed by atoms with Crippen molar-refractivity contribution in [2.75, 3.05) is 30.4 Å². The third kappa shape index (κ3) is 3.30. The second-order valence-corrected chi connectivity index (χ2v) is 11.1. The molecule has 3 aromatic rings. The fraction of sp³-hybridized carbons (Fsp3) is 0.455. The maximum absolute atomic E-state index is 14.4. The van der Waals surface area contributed by atoms with E-state index in [4.69, 9.17) is 14.7 Å². The predicted octanol–water partition coefficient (Wildman–Crippen LogP) is 3.41. The van der Waals surface area contributed by atoms with Gasteiger partial charge in [0.1, 0.15) is 16.4 Å². The first-order valence-corrected chi connectivity index (χ1v) is 12.2. The zero-order valence-electron chi connectivity index (χ0n) is 17.6. The lowest BCUT2D eigenvalue weighted by molar-refractivity contribution is 0.0985. The summed E-state index contributed by atoms with van der Waals surface area (Å²) >= 11 is 0. The van der Waals surface area contributed by atoms with Crippen LogP contribution in [0.2, 0.25) is 0 Å². The van der Waals surface area contributed by atoms with E-state index in [-0.39, 0.29) is 11.8 Å². The van der Waals surface area contributed by atoms with Crippen LogP contribution in [0.5, 0.6) is 0 Å². The molecular weight excluding hydrogens is 419 g/mol. The summed E-state index contributed by atoms with van der Waals surface area (Å²) in [7, 11) is -3.35. The zero-order valence-corrected chi connectivity index (χ0v) is 18.4. The van der Waals surface area contributed by atoms with Crippen molar-refractivity contribution in [1.82, 2.24) is 15.0 Å². The second-order valence-electron chi connectivity index (χ2n) is 8.60. The number of benzene rings is 1. The van der Waals surface area contributed by atoms with E-state index in [1.165, 1.54) is 12.1 Å². The van der Waals surface area contributed by atoms with Gasteiger partial charge in [0.15, 0.2) is 15.7 Å². The first kappa shape index (κ1) is 20.4. The summed E-state index contributed by atoms with van der Waals surface area (Å²) in [5.41, 5.74) is 1.65. The monoisotopic (exact) mass is 444 g/mol. The first-order valence-electron chi connectivity index (χ1n) is 10.5. The Morgan fingerprint density at radius 1 is 1.29 bits per heavy atom. The van der Waals surface area contributed by atoms with Crippen molar-refractivity contribution in [1.29, 1.82) is 0 Å². The molecule has 2 saturated heterocycles. The normalized spacial score (nSPS) is 25.9. The maximum Gasteiger partial charge on any atom is 0.162 e. The number of rotatable bonds is 3. The minimum atomic E-state index is -3.35. The molecule has 4 heterocycles. The van der Waals surface area contributed by atoms with E-state index in [1.807, 2.05) is 13.0 Å². The van der Waals surface area contributed by atoms with Crippen molar-refractivity contribution < 1.29 is 17.5 Å². The van der Waals surface area contributed by atoms with Crippen molar-refractivity contribution in [2.45, 2.75) is 37.5 Å². The Kier molecular flexibility index (Phi) is 4.78. The molecule has 2 aromatic heterocycles. The molecule has 2 fully saturated rings. The van der Waals surface area contributed by atoms with Crippen LogP contribution in [0.3, 0.4) is 0 Å². The smallest absolute Gasteiger partial charge is 0.162 e. The van der Waals surface area contributed by atoms with Gasteiger partial charge in [-0.1, -0.05) is 0 Å². The van der Waals surface area contributed by atoms with Gasteiger partial charge in [-0.25, -0.2) is 22.8 Å². The van der Waals surface area contributed by atoms with Gasteiger partial charge < -0.3 is 14.6 Å². The minimum Gasteiger partial charge on any atom is -0.377 e. The molecular formula is C22H25FN4O3S. The third-order valence-electron chi connectivity index (χ3n) is 6.54. The molecule has 164 valence electrons. The quantitative estimate of drug-likeness (QED) is 0.666. The lowest BCUT2D eigenvalue weighted by atomic mass is 10.00. The lowest BCUT2D eigenvalue weighted by Gasteiger charge is -2.35. The van der Waals surface area contributed by atoms with Gasteiger partial charge >= 0.3 is 0 Å². The molecule has 1 aromatic carbocycles. The van der Waals surface area contributed by atoms with E-state index in [0.29, 0.717) is 61.0 Å². The zero-order chi connectivity index (χ0) is 21.8. The Balaban J connectivity index is 1.75. The van der Waals surface area contributed by atoms with Crippen LogP contribution in [-0.4, -0.2) is 54.9 Å². The van der Waals surface area contributed by atoms with E-state index in [9.17, 15) is 12.8 Å². The van der Waals surface area contributed by atoms with Gasteiger partial charge in [-0.2, -0.15) is 0 Å². The largest absolute Gasteiger partial charge is 0.377 e. The molecule has 2 aliphatic heterocycles. The second kappa shape index (κ2) is 7.27. The van der Waals surface area contributed by atoms with E-state index < -0.39 is 20.4 Å². The predicted molar refractivity (Wildman–Crippen MR) is 117 cm³/mol. The first-order chi connectivity index (χ1) is 14.8. The van der Waals surface area contributed by atoms with Gasteiger partial charge in [0.25, 0.3) is 0 Å². The molecule has 0 saturated carbocycles. The summed E-state index contributed by atoms with van der Waals surface area (Å²) in [5.74, 6) is 0.722. The van der Waals surface area contributed by atoms with Crippen molar-refractivity contribution in [3.05, 3.63) is 42.0 Å². The number of sulfone groups is 1. The molecule has 0 bridgehead atoms. The molecule has 0 aliphatic carbocycles. The molecule has 31 heavy (non-hydrogen) atoms. The number of anilines is 1. The number of morpholine rings is 1. The standard InChI is InChI=1S/C22H25FN4O3S/c1-14-13-30-8-7-27(14)20-12-19(22(2)5-3-9-31(22,28)29)25-21(26-20)17-10-15(23)11-18-16(17)4-6-24-18/h4,6,10-12,14,24H,3,5,7-9,13H2,1-2H3/t14-,22-/m1/s1. The van der Waals surface area contributed by atoms with Crippen LogP contribution >= 0.6 is 0 Å². The number of H-pyrrole nitrogens is 1. The lowest BCUT2D eigenvalue weighted by Crippen LogP contribution is -2.44. The summed E-state index contributed by atoms with van der Waals surface area (Å²) in [6.45, 7) is 5.55. The number of aromatic amines is 1. The van der Waals surface area contributed by atoms with Crippen molar-refractivity contribution in [3.8, 4) is 11.4 Å². The number of hydrogen-bond donors (Lipinski definition) is 1. The van der Waals surface area contributed by atoms with Crippen molar-refractivity contribution >= 4 is 26.6 Å². The molecule has 0 spiro atoms. The highest BCUT2D eigenvalue weighted by Gasteiger charge is 2.46. The van der Waals surface area contributed by atoms with Crippen LogP contribution in [0.25, 0.3) is 22.3 Å². The fourth-order valence-corrected chi connectivity index (χ4v) is 6.48. The highest BCUT2D eigenvalue weighted by atomic mass is 32.2. The summed E-state index contributed by atoms with van der Waals surface area (Å²) < 4.78 is 44.8. The Morgan fingerprint density at radius 2 is 2.13 bits per heavy atom. The number of halogens is 1. The molecule has 0 unspecified atom stereocenters. The van der Waals surface area contributed by atoms with Crippen LogP contribution in [0, 0.1) is 5.82 Å². The van der Waals surface area contributed by atoms with Crippen LogP contribution in [0.1, 0.15) is 32.4 Å². The van der Waals surface area contributed by atoms with E-state index >= 15 is 0 Å². The molecule has 1 N–H and O–H groups in total. The van der Waals surface area contributed by atoms with Gasteiger partial charge in [-0.3, -0.25) is 0 Å². The van der Waals surface area contributed by atoms with Crippen LogP contribution in [0.4, 0.5) is 10.2 Å². The molecule has 2 atom stereocenters. The Bertz CT molecular complexity index is 1260. The fourth-order valence-electron chi connectivity index (χ4n) is 4.62. The molecule has 9 heteroatoms. The van der Waals surface area contributed by atoms with Crippen molar-refractivity contribution in [2.24, 2.45) is 0 Å². The number of ether oxygens (including phenoxy) is 1. The molecule has 2 aliphatic rings. The highest BCUT2D eigenvalue weighted by molar-refractivity contribution is 7.92. The Labute approximate surface area is 180 Å². The number of aromatic nitrogens is 3.